The van der Waals surface area contributed by atoms with Crippen molar-refractivity contribution in [1.82, 2.24) is 9.97 Å². The molecule has 1 unspecified atom stereocenters. The number of nitrogens with zero attached hydrogens (tertiary/aromatic N) is 3. The number of fused-ring (bicyclic) bond motifs is 1. The quantitative estimate of drug-likeness (QED) is 0.673. The van der Waals surface area contributed by atoms with Crippen molar-refractivity contribution in [1.29, 1.82) is 0 Å². The van der Waals surface area contributed by atoms with Gasteiger partial charge in [0.1, 0.15) is 10.6 Å². The summed E-state index contributed by atoms with van der Waals surface area (Å²) >= 11 is 1.65. The lowest BCUT2D eigenvalue weighted by Crippen LogP contribution is -2.35. The molecule has 6 heteroatoms. The van der Waals surface area contributed by atoms with Gasteiger partial charge in [-0.15, -0.1) is 11.3 Å². The van der Waals surface area contributed by atoms with Gasteiger partial charge in [0.2, 0.25) is 5.95 Å². The zero-order valence-electron chi connectivity index (χ0n) is 12.1. The molecule has 1 aliphatic carbocycles. The highest BCUT2D eigenvalue weighted by Crippen LogP contribution is 2.39. The standard InChI is InChI=1S/C15H21N5S/c16-19-15-17-13(11-7-9-21-14(11)18-15)20-8-3-6-12(20)10-4-1-2-5-10/h7,9-10,12H,1-6,8,16H2,(H,17,18,19). The van der Waals surface area contributed by atoms with Gasteiger partial charge in [0.05, 0.1) is 5.39 Å². The molecule has 2 aliphatic rings. The van der Waals surface area contributed by atoms with E-state index in [9.17, 15) is 0 Å². The fraction of sp³-hybridized carbons (Fsp3) is 0.600. The molecule has 2 aromatic rings. The first kappa shape index (κ1) is 13.3. The average molecular weight is 303 g/mol. The maximum absolute atomic E-state index is 5.55. The predicted molar refractivity (Wildman–Crippen MR) is 87.6 cm³/mol. The number of hydrogen-bond acceptors (Lipinski definition) is 6. The number of nitrogens with two attached hydrogens (primary N) is 1. The maximum atomic E-state index is 5.55. The molecule has 4 rings (SSSR count). The minimum absolute atomic E-state index is 0.525. The Morgan fingerprint density at radius 3 is 2.86 bits per heavy atom. The Balaban J connectivity index is 1.75. The highest BCUT2D eigenvalue weighted by atomic mass is 32.1. The molecule has 0 amide bonds. The molecule has 1 aliphatic heterocycles. The number of aromatic nitrogens is 2. The van der Waals surface area contributed by atoms with Gasteiger partial charge in [0, 0.05) is 12.6 Å². The summed E-state index contributed by atoms with van der Waals surface area (Å²) in [5, 5.41) is 3.26. The summed E-state index contributed by atoms with van der Waals surface area (Å²) in [6.07, 6.45) is 8.10. The second-order valence-corrected chi connectivity index (χ2v) is 7.00. The Morgan fingerprint density at radius 2 is 2.05 bits per heavy atom. The van der Waals surface area contributed by atoms with Crippen LogP contribution in [0.15, 0.2) is 11.4 Å². The monoisotopic (exact) mass is 303 g/mol. The molecule has 112 valence electrons. The van der Waals surface area contributed by atoms with Gasteiger partial charge in [-0.05, 0) is 43.0 Å². The van der Waals surface area contributed by atoms with E-state index >= 15 is 0 Å². The third-order valence-corrected chi connectivity index (χ3v) is 5.76. The molecule has 1 atom stereocenters. The third-order valence-electron chi connectivity index (χ3n) is 4.95. The number of anilines is 2. The third kappa shape index (κ3) is 2.26. The first-order valence-corrected chi connectivity index (χ1v) is 8.73. The maximum Gasteiger partial charge on any atom is 0.240 e. The van der Waals surface area contributed by atoms with E-state index in [2.05, 4.69) is 31.7 Å². The molecule has 3 N–H and O–H groups in total. The predicted octanol–water partition coefficient (Wildman–Crippen LogP) is 3.14. The van der Waals surface area contributed by atoms with Gasteiger partial charge in [0.25, 0.3) is 0 Å². The molecule has 2 aromatic heterocycles. The Kier molecular flexibility index (Phi) is 3.43. The van der Waals surface area contributed by atoms with E-state index in [0.717, 1.165) is 23.1 Å². The lowest BCUT2D eigenvalue weighted by Gasteiger charge is -2.31. The van der Waals surface area contributed by atoms with Crippen LogP contribution in [-0.4, -0.2) is 22.6 Å². The van der Waals surface area contributed by atoms with Crippen molar-refractivity contribution in [3.05, 3.63) is 11.4 Å². The number of hydrazine groups is 1. The van der Waals surface area contributed by atoms with E-state index in [1.165, 1.54) is 43.9 Å². The molecule has 5 nitrogen and oxygen atoms in total. The molecule has 2 fully saturated rings. The van der Waals surface area contributed by atoms with Crippen LogP contribution in [0.4, 0.5) is 11.8 Å². The summed E-state index contributed by atoms with van der Waals surface area (Å²) in [6, 6.07) is 2.79. The van der Waals surface area contributed by atoms with E-state index < -0.39 is 0 Å². The topological polar surface area (TPSA) is 67.1 Å². The molecule has 0 spiro atoms. The van der Waals surface area contributed by atoms with Crippen LogP contribution in [0.1, 0.15) is 38.5 Å². The number of thiophene rings is 1. The number of nitrogens with one attached hydrogen (secondary N) is 1. The average Bonchev–Trinajstić information content (AvgIpc) is 3.24. The fourth-order valence-electron chi connectivity index (χ4n) is 4.01. The van der Waals surface area contributed by atoms with E-state index in [1.54, 1.807) is 11.3 Å². The van der Waals surface area contributed by atoms with E-state index in [0.29, 0.717) is 12.0 Å². The van der Waals surface area contributed by atoms with Gasteiger partial charge in [-0.3, -0.25) is 5.43 Å². The molecular formula is C15H21N5S. The molecule has 1 saturated heterocycles. The molecule has 0 radical (unpaired) electrons. The van der Waals surface area contributed by atoms with Gasteiger partial charge in [-0.1, -0.05) is 12.8 Å². The highest BCUT2D eigenvalue weighted by molar-refractivity contribution is 7.16. The van der Waals surface area contributed by atoms with Crippen molar-refractivity contribution in [2.45, 2.75) is 44.6 Å². The fourth-order valence-corrected chi connectivity index (χ4v) is 4.77. The van der Waals surface area contributed by atoms with E-state index in [4.69, 9.17) is 5.84 Å². The van der Waals surface area contributed by atoms with Crippen LogP contribution in [0.2, 0.25) is 0 Å². The zero-order chi connectivity index (χ0) is 14.2. The molecule has 0 aromatic carbocycles. The largest absolute Gasteiger partial charge is 0.353 e. The lowest BCUT2D eigenvalue weighted by atomic mass is 9.96. The highest BCUT2D eigenvalue weighted by Gasteiger charge is 2.35. The van der Waals surface area contributed by atoms with Crippen molar-refractivity contribution in [3.8, 4) is 0 Å². The van der Waals surface area contributed by atoms with Crippen LogP contribution in [0.3, 0.4) is 0 Å². The molecular weight excluding hydrogens is 282 g/mol. The van der Waals surface area contributed by atoms with Crippen molar-refractivity contribution < 1.29 is 0 Å². The first-order chi connectivity index (χ1) is 10.4. The van der Waals surface area contributed by atoms with Crippen LogP contribution in [0.25, 0.3) is 10.2 Å². The Bertz CT molecular complexity index is 634. The Morgan fingerprint density at radius 1 is 1.19 bits per heavy atom. The summed E-state index contributed by atoms with van der Waals surface area (Å²) in [5.74, 6) is 7.98. The number of rotatable bonds is 3. The van der Waals surface area contributed by atoms with Crippen LogP contribution < -0.4 is 16.2 Å². The normalized spacial score (nSPS) is 23.3. The van der Waals surface area contributed by atoms with E-state index in [1.807, 2.05) is 0 Å². The van der Waals surface area contributed by atoms with Gasteiger partial charge in [-0.25, -0.2) is 10.8 Å². The smallest absolute Gasteiger partial charge is 0.240 e. The first-order valence-electron chi connectivity index (χ1n) is 7.85. The lowest BCUT2D eigenvalue weighted by molar-refractivity contribution is 0.430. The van der Waals surface area contributed by atoms with E-state index in [-0.39, 0.29) is 0 Å². The summed E-state index contributed by atoms with van der Waals surface area (Å²) in [5.41, 5.74) is 2.61. The van der Waals surface area contributed by atoms with Crippen molar-refractivity contribution >= 4 is 33.3 Å². The van der Waals surface area contributed by atoms with Crippen LogP contribution >= 0.6 is 11.3 Å². The minimum Gasteiger partial charge on any atom is -0.353 e. The van der Waals surface area contributed by atoms with Gasteiger partial charge in [0.15, 0.2) is 0 Å². The molecule has 21 heavy (non-hydrogen) atoms. The molecule has 3 heterocycles. The zero-order valence-corrected chi connectivity index (χ0v) is 12.9. The van der Waals surface area contributed by atoms with Crippen molar-refractivity contribution in [2.24, 2.45) is 11.8 Å². The number of nitrogen functional groups attached to an aromatic ring is 1. The Labute approximate surface area is 128 Å². The Hall–Kier alpha value is -1.40. The summed E-state index contributed by atoms with van der Waals surface area (Å²) in [7, 11) is 0. The van der Waals surface area contributed by atoms with Crippen molar-refractivity contribution in [3.63, 3.8) is 0 Å². The van der Waals surface area contributed by atoms with Gasteiger partial charge in [-0.2, -0.15) is 4.98 Å². The number of hydrogen-bond donors (Lipinski definition) is 2. The molecule has 1 saturated carbocycles. The second kappa shape index (κ2) is 5.42. The SMILES string of the molecule is NNc1nc(N2CCCC2C2CCCC2)c2ccsc2n1. The summed E-state index contributed by atoms with van der Waals surface area (Å²) < 4.78 is 0. The minimum atomic E-state index is 0.525. The van der Waals surface area contributed by atoms with Crippen LogP contribution in [0.5, 0.6) is 0 Å². The van der Waals surface area contributed by atoms with Gasteiger partial charge < -0.3 is 4.90 Å². The van der Waals surface area contributed by atoms with Crippen LogP contribution in [0, 0.1) is 5.92 Å². The van der Waals surface area contributed by atoms with Crippen molar-refractivity contribution in [2.75, 3.05) is 16.9 Å². The second-order valence-electron chi connectivity index (χ2n) is 6.10. The van der Waals surface area contributed by atoms with Crippen LogP contribution in [-0.2, 0) is 0 Å². The summed E-state index contributed by atoms with van der Waals surface area (Å²) in [4.78, 5) is 12.7. The van der Waals surface area contributed by atoms with Gasteiger partial charge >= 0.3 is 0 Å². The molecule has 0 bridgehead atoms. The summed E-state index contributed by atoms with van der Waals surface area (Å²) in [6.45, 7) is 1.10.